The van der Waals surface area contributed by atoms with Crippen LogP contribution < -0.4 is 0 Å². The van der Waals surface area contributed by atoms with Crippen molar-refractivity contribution in [3.8, 4) is 0 Å². The lowest BCUT2D eigenvalue weighted by atomic mass is 9.88. The summed E-state index contributed by atoms with van der Waals surface area (Å²) >= 11 is 0. The fraction of sp³-hybridized carbons (Fsp3) is 0.310. The van der Waals surface area contributed by atoms with E-state index in [9.17, 15) is 9.59 Å². The lowest BCUT2D eigenvalue weighted by molar-refractivity contribution is -0.210. The second-order valence-corrected chi connectivity index (χ2v) is 10.5. The van der Waals surface area contributed by atoms with Gasteiger partial charge in [-0.15, -0.1) is 0 Å². The van der Waals surface area contributed by atoms with Crippen molar-refractivity contribution in [3.05, 3.63) is 59.7 Å². The fourth-order valence-electron chi connectivity index (χ4n) is 7.44. The van der Waals surface area contributed by atoms with Gasteiger partial charge in [-0.2, -0.15) is 0 Å². The summed E-state index contributed by atoms with van der Waals surface area (Å²) in [6, 6.07) is 16.2. The molecule has 0 saturated carbocycles. The Hall–Kier alpha value is -3.88. The minimum atomic E-state index is -1.39. The van der Waals surface area contributed by atoms with E-state index in [-0.39, 0.29) is 12.3 Å². The Labute approximate surface area is 211 Å². The topological polar surface area (TPSA) is 74.9 Å². The molecular weight excluding hydrogens is 470 g/mol. The molecule has 5 aromatic rings. The van der Waals surface area contributed by atoms with Gasteiger partial charge in [0.2, 0.25) is 5.60 Å². The van der Waals surface area contributed by atoms with Gasteiger partial charge in [0.25, 0.3) is 5.91 Å². The highest BCUT2D eigenvalue weighted by atomic mass is 16.6. The predicted octanol–water partition coefficient (Wildman–Crippen LogP) is 4.65. The minimum absolute atomic E-state index is 0.0268. The van der Waals surface area contributed by atoms with Crippen LogP contribution in [0.3, 0.4) is 0 Å². The summed E-state index contributed by atoms with van der Waals surface area (Å²) in [7, 11) is 4.79. The minimum Gasteiger partial charge on any atom is -0.467 e. The molecule has 3 atom stereocenters. The van der Waals surface area contributed by atoms with Gasteiger partial charge in [-0.3, -0.25) is 4.79 Å². The third kappa shape index (κ3) is 2.09. The van der Waals surface area contributed by atoms with Crippen molar-refractivity contribution >= 4 is 55.5 Å². The highest BCUT2D eigenvalue weighted by molar-refractivity contribution is 6.31. The van der Waals surface area contributed by atoms with Crippen molar-refractivity contribution in [1.29, 1.82) is 0 Å². The van der Waals surface area contributed by atoms with Crippen LogP contribution in [0.1, 0.15) is 35.5 Å². The molecule has 1 unspecified atom stereocenters. The molecule has 3 aromatic carbocycles. The second kappa shape index (κ2) is 6.51. The van der Waals surface area contributed by atoms with Crippen LogP contribution in [0.15, 0.2) is 48.5 Å². The first-order chi connectivity index (χ1) is 17.9. The third-order valence-corrected chi connectivity index (χ3v) is 8.97. The molecule has 8 heteroatoms. The highest BCUT2D eigenvalue weighted by Crippen LogP contribution is 2.59. The molecule has 5 heterocycles. The maximum atomic E-state index is 13.7. The quantitative estimate of drug-likeness (QED) is 0.333. The monoisotopic (exact) mass is 495 g/mol. The van der Waals surface area contributed by atoms with Crippen molar-refractivity contribution in [3.63, 3.8) is 0 Å². The number of nitrogens with zero attached hydrogens (tertiary/aromatic N) is 3. The summed E-state index contributed by atoms with van der Waals surface area (Å²) in [5.74, 6) is -0.447. The molecule has 2 aromatic heterocycles. The first kappa shape index (κ1) is 21.2. The van der Waals surface area contributed by atoms with Crippen LogP contribution in [0, 0.1) is 0 Å². The smallest absolute Gasteiger partial charge is 0.343 e. The van der Waals surface area contributed by atoms with Crippen LogP contribution in [0.2, 0.25) is 0 Å². The number of esters is 1. The van der Waals surface area contributed by atoms with E-state index >= 15 is 0 Å². The summed E-state index contributed by atoms with van der Waals surface area (Å²) in [6.07, 6.45) is -0.251. The first-order valence-electron chi connectivity index (χ1n) is 12.5. The van der Waals surface area contributed by atoms with Crippen molar-refractivity contribution in [2.75, 3.05) is 21.3 Å². The zero-order valence-corrected chi connectivity index (χ0v) is 21.0. The van der Waals surface area contributed by atoms with Crippen molar-refractivity contribution in [2.24, 2.45) is 0 Å². The van der Waals surface area contributed by atoms with Gasteiger partial charge >= 0.3 is 5.97 Å². The van der Waals surface area contributed by atoms with Crippen molar-refractivity contribution in [1.82, 2.24) is 14.0 Å². The van der Waals surface area contributed by atoms with E-state index in [0.717, 1.165) is 54.7 Å². The lowest BCUT2D eigenvalue weighted by Crippen LogP contribution is -2.57. The molecule has 37 heavy (non-hydrogen) atoms. The van der Waals surface area contributed by atoms with Gasteiger partial charge in [0.05, 0.1) is 34.7 Å². The molecule has 186 valence electrons. The molecule has 8 rings (SSSR count). The van der Waals surface area contributed by atoms with E-state index in [0.29, 0.717) is 6.54 Å². The van der Waals surface area contributed by atoms with E-state index in [2.05, 4.69) is 27.3 Å². The van der Waals surface area contributed by atoms with Gasteiger partial charge in [-0.25, -0.2) is 4.79 Å². The zero-order valence-electron chi connectivity index (χ0n) is 21.0. The first-order valence-corrected chi connectivity index (χ1v) is 12.5. The largest absolute Gasteiger partial charge is 0.467 e. The normalized spacial score (nSPS) is 26.2. The molecule has 0 aliphatic carbocycles. The van der Waals surface area contributed by atoms with Crippen LogP contribution in [0.5, 0.6) is 0 Å². The van der Waals surface area contributed by atoms with Crippen LogP contribution in [-0.4, -0.2) is 52.8 Å². The van der Waals surface area contributed by atoms with Gasteiger partial charge < -0.3 is 28.2 Å². The number of para-hydroxylation sites is 2. The zero-order chi connectivity index (χ0) is 25.4. The van der Waals surface area contributed by atoms with Crippen molar-refractivity contribution < 1.29 is 23.8 Å². The third-order valence-electron chi connectivity index (χ3n) is 8.97. The average Bonchev–Trinajstić information content (AvgIpc) is 3.58. The van der Waals surface area contributed by atoms with Crippen LogP contribution in [0.4, 0.5) is 0 Å². The Morgan fingerprint density at radius 3 is 2.38 bits per heavy atom. The number of carbonyl (C=O) groups excluding carboxylic acids is 2. The number of rotatable bonds is 2. The molecule has 0 radical (unpaired) electrons. The summed E-state index contributed by atoms with van der Waals surface area (Å²) in [5.41, 5.74) is 2.95. The summed E-state index contributed by atoms with van der Waals surface area (Å²) in [4.78, 5) is 29.0. The van der Waals surface area contributed by atoms with Gasteiger partial charge in [0.15, 0.2) is 5.72 Å². The molecule has 0 N–H and O–H groups in total. The summed E-state index contributed by atoms with van der Waals surface area (Å²) in [5, 5.41) is 3.97. The maximum Gasteiger partial charge on any atom is 0.343 e. The van der Waals surface area contributed by atoms with Crippen molar-refractivity contribution in [2.45, 2.75) is 37.4 Å². The Morgan fingerprint density at radius 1 is 1.00 bits per heavy atom. The van der Waals surface area contributed by atoms with Gasteiger partial charge in [-0.1, -0.05) is 36.4 Å². The Bertz CT molecular complexity index is 1880. The number of ether oxygens (including phenoxy) is 3. The molecule has 1 saturated heterocycles. The number of amides is 1. The summed E-state index contributed by atoms with van der Waals surface area (Å²) in [6.45, 7) is 2.44. The summed E-state index contributed by atoms with van der Waals surface area (Å²) < 4.78 is 22.7. The molecule has 1 amide bonds. The van der Waals surface area contributed by atoms with E-state index in [1.165, 1.54) is 7.11 Å². The molecular formula is C29H25N3O5. The fourth-order valence-corrected chi connectivity index (χ4v) is 7.44. The number of fused-ring (bicyclic) bond motifs is 13. The second-order valence-electron chi connectivity index (χ2n) is 10.5. The number of aromatic nitrogens is 2. The molecule has 0 spiro atoms. The molecule has 8 nitrogen and oxygen atoms in total. The average molecular weight is 496 g/mol. The van der Waals surface area contributed by atoms with E-state index in [1.54, 1.807) is 12.0 Å². The number of hydrogen-bond acceptors (Lipinski definition) is 5. The number of carbonyl (C=O) groups is 2. The Kier molecular flexibility index (Phi) is 3.74. The standard InChI is InChI=1S/C29H25N3O5/c1-28-29(36-4,27(34)35-3)13-20(37-28)31-18-11-7-5-9-15(18)22-23-17(14-30(2)26(23)33)21-16-10-6-8-12-19(16)32(28)25(21)24(22)31/h5-12,20H,13-14H2,1-4H3/t20-,28+,29?/m1/s1. The number of hydrogen-bond donors (Lipinski definition) is 0. The van der Waals surface area contributed by atoms with Gasteiger partial charge in [0, 0.05) is 48.7 Å². The molecule has 3 aliphatic rings. The van der Waals surface area contributed by atoms with E-state index in [4.69, 9.17) is 14.2 Å². The highest BCUT2D eigenvalue weighted by Gasteiger charge is 2.67. The molecule has 2 bridgehead atoms. The molecule has 3 aliphatic heterocycles. The van der Waals surface area contributed by atoms with Crippen LogP contribution >= 0.6 is 0 Å². The van der Waals surface area contributed by atoms with Crippen LogP contribution in [-0.2, 0) is 31.3 Å². The van der Waals surface area contributed by atoms with Crippen LogP contribution in [0.25, 0.3) is 43.6 Å². The van der Waals surface area contributed by atoms with Gasteiger partial charge in [0.1, 0.15) is 6.23 Å². The molecule has 1 fully saturated rings. The number of methoxy groups -OCH3 is 2. The van der Waals surface area contributed by atoms with E-state index < -0.39 is 23.5 Å². The Balaban J connectivity index is 1.72. The number of benzene rings is 3. The Morgan fingerprint density at radius 2 is 1.68 bits per heavy atom. The maximum absolute atomic E-state index is 13.7. The van der Waals surface area contributed by atoms with E-state index in [1.807, 2.05) is 44.3 Å². The predicted molar refractivity (Wildman–Crippen MR) is 138 cm³/mol. The van der Waals surface area contributed by atoms with Gasteiger partial charge in [-0.05, 0) is 24.6 Å². The lowest BCUT2D eigenvalue weighted by Gasteiger charge is -2.40. The SMILES string of the molecule is COC(=O)C1(OC)C[C@H]2O[C@]1(C)n1c3ccccc3c3c4c(c5c6ccccc6n2c5c31)C(=O)N(C)C4.